The zero-order valence-corrected chi connectivity index (χ0v) is 45.9. The van der Waals surface area contributed by atoms with E-state index >= 15 is 9.59 Å². The molecule has 2 aromatic rings. The van der Waals surface area contributed by atoms with Crippen LogP contribution in [0.25, 0.3) is 0 Å². The summed E-state index contributed by atoms with van der Waals surface area (Å²) in [7, 11) is 0. The standard InChI is InChI=1S/C55H69F2NO19/c1-27-34(70-45(64)40(72-48(67)77-51(10,11)12)38(30-19-17-16-18-20-30)58-46(65)75-49(4,5)6)25-55(74-44(63)31-21-32(56)23-33(57)22-31)43(62)41-53(15,42(61)39(69-28(2)59)37(27)52(55,13)14)35(71-47(66)76-50(7,8)9)24-36-54(41,26-68-36)73-29(3)60/h16-23,34-36,38-41,43,62H,24-26H2,1-15H3,(H,58,65)/t34-,35-,36+,38-,39+,40+,41-,43-,53+,54-,55+/m0/s1. The number of halogens is 2. The molecule has 0 spiro atoms. The molecule has 20 nitrogen and oxygen atoms in total. The summed E-state index contributed by atoms with van der Waals surface area (Å²) in [5.41, 5.74) is -13.2. The number of aliphatic hydroxyl groups excluding tert-OH is 1. The molecule has 3 aliphatic carbocycles. The molecule has 1 saturated heterocycles. The molecule has 11 atom stereocenters. The van der Waals surface area contributed by atoms with E-state index in [9.17, 15) is 42.7 Å². The monoisotopic (exact) mass is 1090 g/mol. The molecule has 0 aromatic heterocycles. The van der Waals surface area contributed by atoms with E-state index in [4.69, 9.17) is 47.4 Å². The highest BCUT2D eigenvalue weighted by Crippen LogP contribution is 2.65. The van der Waals surface area contributed by atoms with E-state index < -0.39 is 166 Å². The summed E-state index contributed by atoms with van der Waals surface area (Å²) in [6, 6.07) is 7.98. The van der Waals surface area contributed by atoms with E-state index in [1.807, 2.05) is 0 Å². The van der Waals surface area contributed by atoms with Gasteiger partial charge >= 0.3 is 42.3 Å². The van der Waals surface area contributed by atoms with Crippen molar-refractivity contribution in [3.05, 3.63) is 82.4 Å². The fourth-order valence-corrected chi connectivity index (χ4v) is 11.0. The molecule has 1 amide bonds. The van der Waals surface area contributed by atoms with Crippen molar-refractivity contribution in [2.75, 3.05) is 6.61 Å². The summed E-state index contributed by atoms with van der Waals surface area (Å²) in [5, 5.41) is 16.4. The molecule has 6 rings (SSSR count). The first-order valence-electron chi connectivity index (χ1n) is 25.0. The Hall–Kier alpha value is -6.68. The summed E-state index contributed by atoms with van der Waals surface area (Å²) >= 11 is 0. The summed E-state index contributed by atoms with van der Waals surface area (Å²) < 4.78 is 89.1. The van der Waals surface area contributed by atoms with Crippen LogP contribution in [0.4, 0.5) is 23.2 Å². The van der Waals surface area contributed by atoms with Crippen molar-refractivity contribution in [1.82, 2.24) is 5.32 Å². The van der Waals surface area contributed by atoms with Crippen molar-refractivity contribution in [2.45, 2.75) is 187 Å². The second kappa shape index (κ2) is 21.3. The molecule has 2 N–H and O–H groups in total. The first kappa shape index (κ1) is 59.6. The van der Waals surface area contributed by atoms with Crippen molar-refractivity contribution in [1.29, 1.82) is 0 Å². The van der Waals surface area contributed by atoms with Crippen LogP contribution in [0.1, 0.15) is 139 Å². The third-order valence-electron chi connectivity index (χ3n) is 14.1. The number of amides is 1. The van der Waals surface area contributed by atoms with Crippen LogP contribution in [-0.4, -0.2) is 124 Å². The summed E-state index contributed by atoms with van der Waals surface area (Å²) in [6.07, 6.45) is -16.3. The molecule has 0 radical (unpaired) electrons. The summed E-state index contributed by atoms with van der Waals surface area (Å²) in [6.45, 7) is 21.0. The lowest BCUT2D eigenvalue weighted by Gasteiger charge is -2.67. The largest absolute Gasteiger partial charge is 0.509 e. The van der Waals surface area contributed by atoms with Crippen molar-refractivity contribution >= 4 is 48.1 Å². The van der Waals surface area contributed by atoms with Gasteiger partial charge in [0, 0.05) is 44.1 Å². The van der Waals surface area contributed by atoms with E-state index in [1.54, 1.807) is 59.7 Å². The Morgan fingerprint density at radius 1 is 0.766 bits per heavy atom. The van der Waals surface area contributed by atoms with Crippen molar-refractivity contribution in [2.24, 2.45) is 16.7 Å². The van der Waals surface area contributed by atoms with Crippen LogP contribution in [0.3, 0.4) is 0 Å². The molecule has 22 heteroatoms. The molecular weight excluding hydrogens is 1020 g/mol. The number of benzene rings is 2. The normalized spacial score (nSPS) is 28.4. The zero-order valence-electron chi connectivity index (χ0n) is 45.9. The maximum Gasteiger partial charge on any atom is 0.509 e. The smallest absolute Gasteiger partial charge is 0.455 e. The van der Waals surface area contributed by atoms with Gasteiger partial charge in [-0.3, -0.25) is 14.4 Å². The Morgan fingerprint density at radius 3 is 1.86 bits per heavy atom. The third-order valence-corrected chi connectivity index (χ3v) is 14.1. The highest BCUT2D eigenvalue weighted by molar-refractivity contribution is 5.96. The molecule has 2 aromatic carbocycles. The molecule has 77 heavy (non-hydrogen) atoms. The fourth-order valence-electron chi connectivity index (χ4n) is 11.0. The number of ether oxygens (including phenoxy) is 10. The molecule has 2 saturated carbocycles. The topological polar surface area (TPSA) is 261 Å². The van der Waals surface area contributed by atoms with Gasteiger partial charge in [-0.1, -0.05) is 44.2 Å². The lowest BCUT2D eigenvalue weighted by molar-refractivity contribution is -0.346. The van der Waals surface area contributed by atoms with E-state index in [0.717, 1.165) is 13.8 Å². The fraction of sp³-hybridized carbons (Fsp3) is 0.600. The van der Waals surface area contributed by atoms with Crippen LogP contribution in [-0.2, 0) is 66.5 Å². The van der Waals surface area contributed by atoms with E-state index in [1.165, 1.54) is 60.6 Å². The number of Topliss-reactive ketones (excluding diaryl/α,β-unsaturated/α-hetero) is 1. The number of ketones is 1. The van der Waals surface area contributed by atoms with Crippen LogP contribution in [0.5, 0.6) is 0 Å². The van der Waals surface area contributed by atoms with E-state index in [-0.39, 0.29) is 23.1 Å². The maximum atomic E-state index is 16.1. The number of nitrogens with one attached hydrogen (secondary N) is 1. The number of carbonyl (C=O) groups excluding carboxylic acids is 8. The molecule has 0 unspecified atom stereocenters. The van der Waals surface area contributed by atoms with Crippen LogP contribution in [0.2, 0.25) is 0 Å². The number of fused-ring (bicyclic) bond motifs is 5. The lowest BCUT2D eigenvalue weighted by atomic mass is 9.44. The SMILES string of the molecule is CC(=O)O[C@H]1C(=O)[C@]2(C)[C@@H](OC(=O)OC(C)(C)C)C[C@H]3OC[C@@]3(OC(C)=O)[C@H]2[C@H](O)[C@]2(OC(=O)c3cc(F)cc(F)c3)C[C@H](OC(=O)[C@H](OC(=O)OC(C)(C)C)[C@@H](NC(=O)OC(C)(C)C)c3ccccc3)C(C)=C1C2(C)C. The van der Waals surface area contributed by atoms with Gasteiger partial charge in [-0.25, -0.2) is 32.8 Å². The van der Waals surface area contributed by atoms with E-state index in [2.05, 4.69) is 5.32 Å². The molecule has 4 aliphatic rings. The molecule has 422 valence electrons. The van der Waals surface area contributed by atoms with Gasteiger partial charge in [-0.15, -0.1) is 0 Å². The van der Waals surface area contributed by atoms with Crippen molar-refractivity contribution in [3.8, 4) is 0 Å². The molecule has 1 heterocycles. The molecule has 3 fully saturated rings. The van der Waals surface area contributed by atoms with Gasteiger partial charge in [0.15, 0.2) is 23.1 Å². The highest BCUT2D eigenvalue weighted by atomic mass is 19.1. The number of hydrogen-bond acceptors (Lipinski definition) is 19. The minimum Gasteiger partial charge on any atom is -0.455 e. The summed E-state index contributed by atoms with van der Waals surface area (Å²) in [5.74, 6) is -10.2. The molecule has 1 aliphatic heterocycles. The van der Waals surface area contributed by atoms with Gasteiger partial charge in [0.1, 0.15) is 58.9 Å². The number of hydrogen-bond donors (Lipinski definition) is 2. The van der Waals surface area contributed by atoms with Crippen LogP contribution >= 0.6 is 0 Å². The van der Waals surface area contributed by atoms with Crippen LogP contribution in [0, 0.1) is 28.4 Å². The number of aliphatic hydroxyl groups is 1. The number of carbonyl (C=O) groups is 8. The van der Waals surface area contributed by atoms with Crippen molar-refractivity contribution in [3.63, 3.8) is 0 Å². The van der Waals surface area contributed by atoms with Gasteiger partial charge in [0.2, 0.25) is 6.10 Å². The van der Waals surface area contributed by atoms with Gasteiger partial charge in [0.05, 0.1) is 17.6 Å². The van der Waals surface area contributed by atoms with Gasteiger partial charge in [-0.2, -0.15) is 0 Å². The Bertz CT molecular complexity index is 2680. The summed E-state index contributed by atoms with van der Waals surface area (Å²) in [4.78, 5) is 114. The minimum atomic E-state index is -2.66. The number of rotatable bonds is 11. The predicted octanol–water partition coefficient (Wildman–Crippen LogP) is 8.03. The van der Waals surface area contributed by atoms with Crippen LogP contribution < -0.4 is 5.32 Å². The molecule has 2 bridgehead atoms. The Balaban J connectivity index is 1.66. The minimum absolute atomic E-state index is 0.0481. The van der Waals surface area contributed by atoms with E-state index in [0.29, 0.717) is 18.2 Å². The van der Waals surface area contributed by atoms with Gasteiger partial charge in [-0.05, 0) is 105 Å². The first-order valence-corrected chi connectivity index (χ1v) is 25.0. The number of alkyl carbamates (subject to hydrolysis) is 1. The average Bonchev–Trinajstić information content (AvgIpc) is 3.26. The predicted molar refractivity (Wildman–Crippen MR) is 263 cm³/mol. The third kappa shape index (κ3) is 12.2. The number of esters is 4. The second-order valence-electron chi connectivity index (χ2n) is 23.5. The molecular formula is C55H69F2NO19. The Morgan fingerprint density at radius 2 is 1.34 bits per heavy atom. The first-order chi connectivity index (χ1) is 35.4. The van der Waals surface area contributed by atoms with Crippen molar-refractivity contribution < 1.29 is 99.6 Å². The van der Waals surface area contributed by atoms with Gasteiger partial charge in [0.25, 0.3) is 0 Å². The Labute approximate surface area is 445 Å². The highest BCUT2D eigenvalue weighted by Gasteiger charge is 2.79. The quantitative estimate of drug-likeness (QED) is 0.123. The Kier molecular flexibility index (Phi) is 16.5. The average molecular weight is 1090 g/mol. The zero-order chi connectivity index (χ0) is 57.8. The second-order valence-corrected chi connectivity index (χ2v) is 23.5. The lowest BCUT2D eigenvalue weighted by Crippen LogP contribution is -2.82. The van der Waals surface area contributed by atoms with Gasteiger partial charge < -0.3 is 57.8 Å². The maximum absolute atomic E-state index is 16.1. The van der Waals surface area contributed by atoms with Crippen LogP contribution in [0.15, 0.2) is 59.7 Å².